The number of hydrogen-bond donors (Lipinski definition) is 0. The number of carbonyl (C=O) groups excluding carboxylic acids is 2. The van der Waals surface area contributed by atoms with Crippen LogP contribution in [0.25, 0.3) is 0 Å². The summed E-state index contributed by atoms with van der Waals surface area (Å²) in [5.74, 6) is 1.05. The second kappa shape index (κ2) is 4.90. The minimum absolute atomic E-state index is 0.247. The van der Waals surface area contributed by atoms with Gasteiger partial charge in [0, 0.05) is 25.7 Å². The number of rotatable bonds is 4. The van der Waals surface area contributed by atoms with Gasteiger partial charge in [0.05, 0.1) is 13.2 Å². The van der Waals surface area contributed by atoms with Gasteiger partial charge < -0.3 is 9.47 Å². The van der Waals surface area contributed by atoms with E-state index in [4.69, 9.17) is 9.47 Å². The van der Waals surface area contributed by atoms with Crippen molar-refractivity contribution in [3.05, 3.63) is 12.2 Å². The van der Waals surface area contributed by atoms with Crippen LogP contribution in [0, 0.1) is 23.7 Å². The summed E-state index contributed by atoms with van der Waals surface area (Å²) < 4.78 is 10.2. The number of esters is 2. The Bertz CT molecular complexity index is 315. The second-order valence-corrected chi connectivity index (χ2v) is 4.88. The van der Waals surface area contributed by atoms with Crippen LogP contribution in [0.15, 0.2) is 12.2 Å². The Morgan fingerprint density at radius 2 is 1.41 bits per heavy atom. The van der Waals surface area contributed by atoms with Gasteiger partial charge in [0.25, 0.3) is 0 Å². The van der Waals surface area contributed by atoms with Gasteiger partial charge in [-0.2, -0.15) is 0 Å². The van der Waals surface area contributed by atoms with Crippen LogP contribution in [0.4, 0.5) is 0 Å². The monoisotopic (exact) mass is 238 g/mol. The normalized spacial score (nSPS) is 33.8. The molecule has 0 unspecified atom stereocenters. The molecule has 0 heterocycles. The van der Waals surface area contributed by atoms with Crippen LogP contribution in [-0.4, -0.2) is 25.2 Å². The third kappa shape index (κ3) is 2.68. The van der Waals surface area contributed by atoms with Crippen molar-refractivity contribution >= 4 is 11.9 Å². The first kappa shape index (κ1) is 12.1. The van der Waals surface area contributed by atoms with Gasteiger partial charge in [0.15, 0.2) is 0 Å². The molecule has 0 saturated heterocycles. The summed E-state index contributed by atoms with van der Waals surface area (Å²) in [6.45, 7) is 3.72. The number of hydrogen-bond acceptors (Lipinski definition) is 4. The maximum Gasteiger partial charge on any atom is 0.302 e. The van der Waals surface area contributed by atoms with Gasteiger partial charge in [-0.1, -0.05) is 12.2 Å². The zero-order valence-electron chi connectivity index (χ0n) is 10.2. The van der Waals surface area contributed by atoms with E-state index < -0.39 is 0 Å². The van der Waals surface area contributed by atoms with Crippen LogP contribution in [-0.2, 0) is 19.1 Å². The number of allylic oxidation sites excluding steroid dienone is 2. The van der Waals surface area contributed by atoms with E-state index in [0.29, 0.717) is 36.9 Å². The van der Waals surface area contributed by atoms with E-state index >= 15 is 0 Å². The van der Waals surface area contributed by atoms with Crippen molar-refractivity contribution in [1.82, 2.24) is 0 Å². The predicted octanol–water partition coefficient (Wildman–Crippen LogP) is 1.55. The van der Waals surface area contributed by atoms with Crippen LogP contribution >= 0.6 is 0 Å². The topological polar surface area (TPSA) is 52.6 Å². The number of carbonyl (C=O) groups is 2. The minimum Gasteiger partial charge on any atom is -0.466 e. The van der Waals surface area contributed by atoms with E-state index in [1.807, 2.05) is 0 Å². The molecule has 17 heavy (non-hydrogen) atoms. The van der Waals surface area contributed by atoms with Crippen LogP contribution in [0.3, 0.4) is 0 Å². The molecule has 0 aromatic carbocycles. The smallest absolute Gasteiger partial charge is 0.302 e. The Hall–Kier alpha value is -1.32. The Morgan fingerprint density at radius 3 is 1.76 bits per heavy atom. The van der Waals surface area contributed by atoms with E-state index in [-0.39, 0.29) is 11.9 Å². The van der Waals surface area contributed by atoms with Gasteiger partial charge in [-0.3, -0.25) is 9.59 Å². The van der Waals surface area contributed by atoms with Crippen molar-refractivity contribution in [2.45, 2.75) is 20.3 Å². The molecule has 4 atom stereocenters. The maximum atomic E-state index is 10.9. The van der Waals surface area contributed by atoms with Crippen LogP contribution < -0.4 is 0 Å². The Kier molecular flexibility index (Phi) is 3.50. The minimum atomic E-state index is -0.247. The zero-order chi connectivity index (χ0) is 12.4. The maximum absolute atomic E-state index is 10.9. The average Bonchev–Trinajstić information content (AvgIpc) is 2.83. The first-order valence-electron chi connectivity index (χ1n) is 6.03. The first-order valence-corrected chi connectivity index (χ1v) is 6.03. The van der Waals surface area contributed by atoms with Crippen LogP contribution in [0.5, 0.6) is 0 Å². The standard InChI is InChI=1S/C13H18O4/c1-8(14)16-6-12-10-3-4-11(5-10)13(12)7-17-9(2)15/h3-4,10-13H,5-7H2,1-2H3/t10-,11+,12+,13-. The Labute approximate surface area is 101 Å². The molecule has 94 valence electrons. The molecule has 2 aliphatic carbocycles. The van der Waals surface area contributed by atoms with E-state index in [9.17, 15) is 9.59 Å². The summed E-state index contributed by atoms with van der Waals surface area (Å²) in [5.41, 5.74) is 0. The molecule has 1 fully saturated rings. The van der Waals surface area contributed by atoms with Crippen LogP contribution in [0.2, 0.25) is 0 Å². The van der Waals surface area contributed by atoms with E-state index in [2.05, 4.69) is 12.2 Å². The fraction of sp³-hybridized carbons (Fsp3) is 0.692. The van der Waals surface area contributed by atoms with Crippen molar-refractivity contribution in [3.8, 4) is 0 Å². The molecule has 4 nitrogen and oxygen atoms in total. The van der Waals surface area contributed by atoms with Gasteiger partial charge in [-0.25, -0.2) is 0 Å². The molecule has 0 spiro atoms. The summed E-state index contributed by atoms with van der Waals surface area (Å²) >= 11 is 0. The highest BCUT2D eigenvalue weighted by Crippen LogP contribution is 2.48. The Balaban J connectivity index is 1.94. The van der Waals surface area contributed by atoms with E-state index in [1.165, 1.54) is 13.8 Å². The molecule has 4 heteroatoms. The number of fused-ring (bicyclic) bond motifs is 2. The highest BCUT2D eigenvalue weighted by molar-refractivity contribution is 5.66. The third-order valence-corrected chi connectivity index (χ3v) is 3.76. The van der Waals surface area contributed by atoms with Gasteiger partial charge in [0.2, 0.25) is 0 Å². The molecule has 0 aliphatic heterocycles. The highest BCUT2D eigenvalue weighted by Gasteiger charge is 2.45. The highest BCUT2D eigenvalue weighted by atomic mass is 16.5. The molecule has 1 saturated carbocycles. The summed E-state index contributed by atoms with van der Waals surface area (Å²) in [4.78, 5) is 21.7. The van der Waals surface area contributed by atoms with Crippen molar-refractivity contribution in [1.29, 1.82) is 0 Å². The van der Waals surface area contributed by atoms with Gasteiger partial charge in [-0.15, -0.1) is 0 Å². The molecule has 0 N–H and O–H groups in total. The van der Waals surface area contributed by atoms with E-state index in [1.54, 1.807) is 0 Å². The summed E-state index contributed by atoms with van der Waals surface area (Å²) in [7, 11) is 0. The van der Waals surface area contributed by atoms with Crippen molar-refractivity contribution in [2.75, 3.05) is 13.2 Å². The fourth-order valence-corrected chi connectivity index (χ4v) is 2.95. The Morgan fingerprint density at radius 1 is 1.00 bits per heavy atom. The zero-order valence-corrected chi connectivity index (χ0v) is 10.2. The molecular formula is C13H18O4. The number of ether oxygens (including phenoxy) is 2. The molecule has 2 rings (SSSR count). The van der Waals surface area contributed by atoms with Crippen molar-refractivity contribution < 1.29 is 19.1 Å². The lowest BCUT2D eigenvalue weighted by Gasteiger charge is -2.26. The molecule has 0 radical (unpaired) electrons. The molecular weight excluding hydrogens is 220 g/mol. The predicted molar refractivity (Wildman–Crippen MR) is 61.0 cm³/mol. The van der Waals surface area contributed by atoms with Gasteiger partial charge >= 0.3 is 11.9 Å². The second-order valence-electron chi connectivity index (χ2n) is 4.88. The molecule has 0 amide bonds. The largest absolute Gasteiger partial charge is 0.466 e. The quantitative estimate of drug-likeness (QED) is 0.551. The van der Waals surface area contributed by atoms with E-state index in [0.717, 1.165) is 6.42 Å². The van der Waals surface area contributed by atoms with Crippen molar-refractivity contribution in [3.63, 3.8) is 0 Å². The molecule has 0 aromatic heterocycles. The fourth-order valence-electron chi connectivity index (χ4n) is 2.95. The summed E-state index contributed by atoms with van der Waals surface area (Å²) in [5, 5.41) is 0. The van der Waals surface area contributed by atoms with Gasteiger partial charge in [0.1, 0.15) is 0 Å². The average molecular weight is 238 g/mol. The summed E-state index contributed by atoms with van der Waals surface area (Å²) in [6.07, 6.45) is 5.49. The van der Waals surface area contributed by atoms with Crippen molar-refractivity contribution in [2.24, 2.45) is 23.7 Å². The lowest BCUT2D eigenvalue weighted by atomic mass is 9.84. The molecule has 2 aliphatic rings. The molecule has 2 bridgehead atoms. The molecule has 0 aromatic rings. The lowest BCUT2D eigenvalue weighted by Crippen LogP contribution is -2.29. The van der Waals surface area contributed by atoms with Gasteiger partial charge in [-0.05, 0) is 18.3 Å². The SMILES string of the molecule is CC(=O)OC[C@@H]1[C@H](COC(C)=O)[C@H]2C=C[C@@H]1C2. The summed E-state index contributed by atoms with van der Waals surface area (Å²) in [6, 6.07) is 0. The lowest BCUT2D eigenvalue weighted by molar-refractivity contribution is -0.147. The first-order chi connectivity index (χ1) is 8.08. The van der Waals surface area contributed by atoms with Crippen LogP contribution in [0.1, 0.15) is 20.3 Å². The third-order valence-electron chi connectivity index (χ3n) is 3.76.